The summed E-state index contributed by atoms with van der Waals surface area (Å²) in [6, 6.07) is 13.4. The van der Waals surface area contributed by atoms with Gasteiger partial charge in [-0.15, -0.1) is 11.3 Å². The van der Waals surface area contributed by atoms with E-state index in [0.29, 0.717) is 23.1 Å². The summed E-state index contributed by atoms with van der Waals surface area (Å²) in [7, 11) is 0. The molecule has 0 fully saturated rings. The molecule has 0 atom stereocenters. The Labute approximate surface area is 171 Å². The van der Waals surface area contributed by atoms with Crippen molar-refractivity contribution in [3.05, 3.63) is 69.7 Å². The number of nitrogens with one attached hydrogen (secondary N) is 2. The summed E-state index contributed by atoms with van der Waals surface area (Å²) >= 11 is 7.46. The first-order chi connectivity index (χ1) is 13.5. The maximum Gasteiger partial charge on any atom is 0.222 e. The average Bonchev–Trinajstić information content (AvgIpc) is 3.07. The summed E-state index contributed by atoms with van der Waals surface area (Å²) in [5.74, 6) is 0.606. The number of aromatic nitrogens is 1. The number of nitrogens with two attached hydrogens (primary N) is 1. The number of hydrogen-bond donors (Lipinski definition) is 3. The fourth-order valence-electron chi connectivity index (χ4n) is 2.70. The minimum absolute atomic E-state index is 0.178. The molecule has 0 spiro atoms. The summed E-state index contributed by atoms with van der Waals surface area (Å²) in [6.07, 6.45) is 3.23. The lowest BCUT2D eigenvalue weighted by Gasteiger charge is -2.03. The van der Waals surface area contributed by atoms with E-state index in [9.17, 15) is 4.79 Å². The van der Waals surface area contributed by atoms with Crippen molar-refractivity contribution in [1.82, 2.24) is 4.98 Å². The van der Waals surface area contributed by atoms with Crippen LogP contribution in [-0.4, -0.2) is 23.1 Å². The van der Waals surface area contributed by atoms with Crippen molar-refractivity contribution in [3.63, 3.8) is 0 Å². The van der Waals surface area contributed by atoms with E-state index in [0.717, 1.165) is 32.8 Å². The van der Waals surface area contributed by atoms with Gasteiger partial charge in [0.15, 0.2) is 0 Å². The predicted molar refractivity (Wildman–Crippen MR) is 116 cm³/mol. The standard InChI is InChI=1S/C20H18ClN5OS/c1-12(27)26-18-10-14(6-7-24-18)17-9-15(19(28-17)20(23)25-11-22)8-13-2-4-16(21)5-3-13/h2-7,9-11H,8H2,1H3,(H3,22,23,25)(H,24,26,27). The molecule has 0 aliphatic carbocycles. The summed E-state index contributed by atoms with van der Waals surface area (Å²) in [5, 5.41) is 10.6. The van der Waals surface area contributed by atoms with Gasteiger partial charge in [0.2, 0.25) is 5.91 Å². The van der Waals surface area contributed by atoms with Crippen molar-refractivity contribution in [2.45, 2.75) is 13.3 Å². The first kappa shape index (κ1) is 19.7. The van der Waals surface area contributed by atoms with Crippen LogP contribution in [0.1, 0.15) is 22.9 Å². The molecule has 142 valence electrons. The topological polar surface area (TPSA) is 104 Å². The molecule has 2 aromatic heterocycles. The number of halogens is 1. The molecule has 28 heavy (non-hydrogen) atoms. The van der Waals surface area contributed by atoms with Crippen LogP contribution in [-0.2, 0) is 11.2 Å². The van der Waals surface area contributed by atoms with Crippen molar-refractivity contribution in [2.24, 2.45) is 10.7 Å². The zero-order valence-corrected chi connectivity index (χ0v) is 16.6. The molecule has 1 amide bonds. The van der Waals surface area contributed by atoms with Gasteiger partial charge < -0.3 is 11.1 Å². The number of rotatable bonds is 6. The van der Waals surface area contributed by atoms with Crippen LogP contribution in [0.3, 0.4) is 0 Å². The van der Waals surface area contributed by atoms with Crippen LogP contribution in [0, 0.1) is 5.41 Å². The molecule has 0 radical (unpaired) electrons. The molecular weight excluding hydrogens is 394 g/mol. The molecular formula is C20H18ClN5OS. The van der Waals surface area contributed by atoms with E-state index in [1.165, 1.54) is 18.3 Å². The monoisotopic (exact) mass is 411 g/mol. The van der Waals surface area contributed by atoms with Gasteiger partial charge >= 0.3 is 0 Å². The molecule has 6 nitrogen and oxygen atoms in total. The van der Waals surface area contributed by atoms with Gasteiger partial charge in [-0.25, -0.2) is 9.98 Å². The summed E-state index contributed by atoms with van der Waals surface area (Å²) in [6.45, 7) is 1.44. The lowest BCUT2D eigenvalue weighted by Crippen LogP contribution is -2.13. The Morgan fingerprint density at radius 2 is 2.07 bits per heavy atom. The van der Waals surface area contributed by atoms with Crippen molar-refractivity contribution in [2.75, 3.05) is 5.32 Å². The molecule has 0 aliphatic rings. The molecule has 4 N–H and O–H groups in total. The van der Waals surface area contributed by atoms with Crippen LogP contribution >= 0.6 is 22.9 Å². The molecule has 3 rings (SSSR count). The number of amides is 1. The minimum atomic E-state index is -0.178. The Hall–Kier alpha value is -3.03. The lowest BCUT2D eigenvalue weighted by molar-refractivity contribution is -0.114. The van der Waals surface area contributed by atoms with E-state index in [2.05, 4.69) is 15.3 Å². The molecule has 1 aromatic carbocycles. The third-order valence-corrected chi connectivity index (χ3v) is 5.40. The predicted octanol–water partition coefficient (Wildman–Crippen LogP) is 4.33. The zero-order valence-electron chi connectivity index (χ0n) is 15.1. The van der Waals surface area contributed by atoms with Gasteiger partial charge in [0.05, 0.1) is 4.88 Å². The van der Waals surface area contributed by atoms with Gasteiger partial charge in [-0.05, 0) is 53.4 Å². The first-order valence-corrected chi connectivity index (χ1v) is 9.59. The molecule has 0 unspecified atom stereocenters. The minimum Gasteiger partial charge on any atom is -0.382 e. The number of amidine groups is 1. The van der Waals surface area contributed by atoms with E-state index in [4.69, 9.17) is 22.7 Å². The quantitative estimate of drug-likeness (QED) is 0.415. The number of carbonyl (C=O) groups is 1. The Morgan fingerprint density at radius 3 is 2.75 bits per heavy atom. The third kappa shape index (κ3) is 4.82. The van der Waals surface area contributed by atoms with Crippen molar-refractivity contribution in [1.29, 1.82) is 5.41 Å². The van der Waals surface area contributed by atoms with Gasteiger partial charge in [-0.2, -0.15) is 0 Å². The highest BCUT2D eigenvalue weighted by Gasteiger charge is 2.15. The largest absolute Gasteiger partial charge is 0.382 e. The fourth-order valence-corrected chi connectivity index (χ4v) is 3.91. The Kier molecular flexibility index (Phi) is 6.18. The number of nitrogens with zero attached hydrogens (tertiary/aromatic N) is 2. The Bertz CT molecular complexity index is 1040. The van der Waals surface area contributed by atoms with Crippen LogP contribution in [0.4, 0.5) is 5.82 Å². The van der Waals surface area contributed by atoms with E-state index in [1.54, 1.807) is 6.20 Å². The van der Waals surface area contributed by atoms with Gasteiger partial charge in [0.25, 0.3) is 0 Å². The van der Waals surface area contributed by atoms with E-state index in [1.807, 2.05) is 42.5 Å². The Balaban J connectivity index is 2.01. The van der Waals surface area contributed by atoms with Gasteiger partial charge in [0, 0.05) is 23.0 Å². The van der Waals surface area contributed by atoms with Crippen molar-refractivity contribution in [3.8, 4) is 10.4 Å². The second kappa shape index (κ2) is 8.77. The van der Waals surface area contributed by atoms with Crippen LogP contribution in [0.15, 0.2) is 53.7 Å². The van der Waals surface area contributed by atoms with E-state index < -0.39 is 0 Å². The molecule has 2 heterocycles. The summed E-state index contributed by atoms with van der Waals surface area (Å²) < 4.78 is 0. The number of anilines is 1. The SMILES string of the molecule is CC(=O)Nc1cc(-c2cc(Cc3ccc(Cl)cc3)c(C(N)=NC=N)s2)ccn1. The maximum absolute atomic E-state index is 11.3. The highest BCUT2D eigenvalue weighted by atomic mass is 35.5. The fraction of sp³-hybridized carbons (Fsp3) is 0.100. The number of carbonyl (C=O) groups excluding carboxylic acids is 1. The van der Waals surface area contributed by atoms with Gasteiger partial charge in [0.1, 0.15) is 18.0 Å². The van der Waals surface area contributed by atoms with Crippen LogP contribution < -0.4 is 11.1 Å². The maximum atomic E-state index is 11.3. The molecule has 0 bridgehead atoms. The second-order valence-corrected chi connectivity index (χ2v) is 7.51. The molecule has 3 aromatic rings. The van der Waals surface area contributed by atoms with Gasteiger partial charge in [-0.3, -0.25) is 10.2 Å². The number of hydrogen-bond acceptors (Lipinski definition) is 4. The third-order valence-electron chi connectivity index (χ3n) is 3.90. The lowest BCUT2D eigenvalue weighted by atomic mass is 10.0. The van der Waals surface area contributed by atoms with E-state index in [-0.39, 0.29) is 5.91 Å². The number of aliphatic imine (C=N–C) groups is 1. The highest BCUT2D eigenvalue weighted by molar-refractivity contribution is 7.17. The van der Waals surface area contributed by atoms with E-state index >= 15 is 0 Å². The number of benzene rings is 1. The number of thiophene rings is 1. The summed E-state index contributed by atoms with van der Waals surface area (Å²) in [4.78, 5) is 21.2. The number of pyridine rings is 1. The first-order valence-electron chi connectivity index (χ1n) is 8.40. The smallest absolute Gasteiger partial charge is 0.222 e. The molecule has 0 aliphatic heterocycles. The summed E-state index contributed by atoms with van der Waals surface area (Å²) in [5.41, 5.74) is 9.09. The Morgan fingerprint density at radius 1 is 1.32 bits per heavy atom. The molecule has 0 saturated carbocycles. The molecule has 8 heteroatoms. The van der Waals surface area contributed by atoms with Crippen LogP contribution in [0.25, 0.3) is 10.4 Å². The highest BCUT2D eigenvalue weighted by Crippen LogP contribution is 2.33. The van der Waals surface area contributed by atoms with Crippen LogP contribution in [0.2, 0.25) is 5.02 Å². The van der Waals surface area contributed by atoms with Gasteiger partial charge in [-0.1, -0.05) is 23.7 Å². The normalized spacial score (nSPS) is 11.3. The van der Waals surface area contributed by atoms with Crippen LogP contribution in [0.5, 0.6) is 0 Å². The second-order valence-electron chi connectivity index (χ2n) is 6.02. The van der Waals surface area contributed by atoms with Crippen molar-refractivity contribution < 1.29 is 4.79 Å². The molecule has 0 saturated heterocycles. The van der Waals surface area contributed by atoms with Crippen molar-refractivity contribution >= 4 is 46.8 Å². The zero-order chi connectivity index (χ0) is 20.1. The average molecular weight is 412 g/mol.